The summed E-state index contributed by atoms with van der Waals surface area (Å²) >= 11 is 0. The lowest BCUT2D eigenvalue weighted by molar-refractivity contribution is -0.137. The fourth-order valence-corrected chi connectivity index (χ4v) is 1.68. The Balaban J connectivity index is 2.12. The third kappa shape index (κ3) is 2.54. The summed E-state index contributed by atoms with van der Waals surface area (Å²) in [4.78, 5) is 0. The third-order valence-electron chi connectivity index (χ3n) is 2.56. The molecule has 1 atom stereocenters. The largest absolute Gasteiger partial charge is 0.416 e. The highest BCUT2D eigenvalue weighted by atomic mass is 19.4. The maximum absolute atomic E-state index is 12.3. The number of nitrogens with one attached hydrogen (secondary N) is 1. The summed E-state index contributed by atoms with van der Waals surface area (Å²) in [7, 11) is 0. The molecule has 0 amide bonds. The first-order chi connectivity index (χ1) is 7.57. The van der Waals surface area contributed by atoms with Gasteiger partial charge in [0.2, 0.25) is 0 Å². The van der Waals surface area contributed by atoms with Gasteiger partial charge in [-0.15, -0.1) is 0 Å². The van der Waals surface area contributed by atoms with Crippen LogP contribution in [0.4, 0.5) is 13.2 Å². The highest BCUT2D eigenvalue weighted by Crippen LogP contribution is 2.30. The van der Waals surface area contributed by atoms with E-state index < -0.39 is 11.7 Å². The van der Waals surface area contributed by atoms with E-state index >= 15 is 0 Å². The van der Waals surface area contributed by atoms with E-state index in [4.69, 9.17) is 4.74 Å². The van der Waals surface area contributed by atoms with Crippen molar-refractivity contribution in [2.45, 2.75) is 12.2 Å². The molecule has 2 nitrogen and oxygen atoms in total. The second-order valence-corrected chi connectivity index (χ2v) is 3.70. The van der Waals surface area contributed by atoms with Crippen LogP contribution in [0.5, 0.6) is 0 Å². The normalized spacial score (nSPS) is 22.1. The van der Waals surface area contributed by atoms with Gasteiger partial charge in [-0.1, -0.05) is 12.1 Å². The Kier molecular flexibility index (Phi) is 3.16. The number of morpholine rings is 1. The molecule has 0 radical (unpaired) electrons. The van der Waals surface area contributed by atoms with Gasteiger partial charge in [-0.2, -0.15) is 13.2 Å². The summed E-state index contributed by atoms with van der Waals surface area (Å²) in [5.74, 6) is 0. The van der Waals surface area contributed by atoms with Gasteiger partial charge < -0.3 is 10.1 Å². The molecule has 1 aliphatic rings. The minimum Gasteiger partial charge on any atom is -0.378 e. The van der Waals surface area contributed by atoms with Crippen LogP contribution in [0.3, 0.4) is 0 Å². The van der Waals surface area contributed by atoms with Crippen LogP contribution in [0, 0.1) is 0 Å². The van der Waals surface area contributed by atoms with Gasteiger partial charge in [-0.25, -0.2) is 0 Å². The Hall–Kier alpha value is -1.07. The number of halogens is 3. The van der Waals surface area contributed by atoms with Gasteiger partial charge in [-0.3, -0.25) is 0 Å². The van der Waals surface area contributed by atoms with Crippen molar-refractivity contribution in [3.05, 3.63) is 35.4 Å². The molecule has 5 heteroatoms. The van der Waals surface area contributed by atoms with Gasteiger partial charge in [0.1, 0.15) is 0 Å². The average molecular weight is 231 g/mol. The fraction of sp³-hybridized carbons (Fsp3) is 0.455. The van der Waals surface area contributed by atoms with Crippen LogP contribution in [-0.4, -0.2) is 19.8 Å². The number of alkyl halides is 3. The lowest BCUT2D eigenvalue weighted by Crippen LogP contribution is -2.34. The number of ether oxygens (including phenoxy) is 1. The van der Waals surface area contributed by atoms with E-state index in [9.17, 15) is 13.2 Å². The molecule has 0 bridgehead atoms. The molecule has 1 heterocycles. The van der Waals surface area contributed by atoms with Crippen LogP contribution >= 0.6 is 0 Å². The molecule has 88 valence electrons. The standard InChI is InChI=1S/C11H12F3NO/c12-11(13,14)9-3-1-8(2-4-9)10-7-16-6-5-15-10/h1-4,10,15H,5-7H2. The van der Waals surface area contributed by atoms with Crippen LogP contribution in [0.15, 0.2) is 24.3 Å². The lowest BCUT2D eigenvalue weighted by atomic mass is 10.0. The monoisotopic (exact) mass is 231 g/mol. The Morgan fingerprint density at radius 2 is 1.88 bits per heavy atom. The van der Waals surface area contributed by atoms with Crippen molar-refractivity contribution in [2.75, 3.05) is 19.8 Å². The van der Waals surface area contributed by atoms with E-state index in [0.717, 1.165) is 24.2 Å². The summed E-state index contributed by atoms with van der Waals surface area (Å²) in [6, 6.07) is 5.19. The van der Waals surface area contributed by atoms with E-state index in [-0.39, 0.29) is 6.04 Å². The van der Waals surface area contributed by atoms with E-state index in [1.54, 1.807) is 0 Å². The molecule has 16 heavy (non-hydrogen) atoms. The average Bonchev–Trinajstić information content (AvgIpc) is 2.29. The molecule has 2 rings (SSSR count). The zero-order valence-corrected chi connectivity index (χ0v) is 8.55. The van der Waals surface area contributed by atoms with Crippen molar-refractivity contribution in [1.29, 1.82) is 0 Å². The summed E-state index contributed by atoms with van der Waals surface area (Å²) in [6.45, 7) is 1.88. The third-order valence-corrected chi connectivity index (χ3v) is 2.56. The molecular formula is C11H12F3NO. The highest BCUT2D eigenvalue weighted by molar-refractivity contribution is 5.27. The van der Waals surface area contributed by atoms with Gasteiger partial charge in [0.05, 0.1) is 24.8 Å². The predicted molar refractivity (Wildman–Crippen MR) is 53.0 cm³/mol. The Morgan fingerprint density at radius 3 is 2.38 bits per heavy atom. The number of hydrogen-bond donors (Lipinski definition) is 1. The van der Waals surface area contributed by atoms with Crippen molar-refractivity contribution in [2.24, 2.45) is 0 Å². The molecule has 1 saturated heterocycles. The summed E-state index contributed by atoms with van der Waals surface area (Å²) < 4.78 is 42.2. The van der Waals surface area contributed by atoms with Crippen molar-refractivity contribution < 1.29 is 17.9 Å². The van der Waals surface area contributed by atoms with Crippen molar-refractivity contribution in [1.82, 2.24) is 5.32 Å². The first kappa shape index (κ1) is 11.4. The Labute approximate surface area is 91.4 Å². The summed E-state index contributed by atoms with van der Waals surface area (Å²) in [5.41, 5.74) is 0.209. The van der Waals surface area contributed by atoms with Crippen LogP contribution in [-0.2, 0) is 10.9 Å². The number of rotatable bonds is 1. The molecule has 0 saturated carbocycles. The molecule has 0 aromatic heterocycles. The lowest BCUT2D eigenvalue weighted by Gasteiger charge is -2.24. The van der Waals surface area contributed by atoms with Crippen molar-refractivity contribution in [3.8, 4) is 0 Å². The van der Waals surface area contributed by atoms with Crippen LogP contribution < -0.4 is 5.32 Å². The van der Waals surface area contributed by atoms with Crippen LogP contribution in [0.1, 0.15) is 17.2 Å². The molecule has 1 N–H and O–H groups in total. The van der Waals surface area contributed by atoms with Crippen LogP contribution in [0.25, 0.3) is 0 Å². The molecule has 1 fully saturated rings. The van der Waals surface area contributed by atoms with Crippen molar-refractivity contribution in [3.63, 3.8) is 0 Å². The summed E-state index contributed by atoms with van der Waals surface area (Å²) in [5, 5.41) is 3.19. The van der Waals surface area contributed by atoms with E-state index in [1.165, 1.54) is 12.1 Å². The second kappa shape index (κ2) is 4.43. The highest BCUT2D eigenvalue weighted by Gasteiger charge is 2.30. The zero-order chi connectivity index (χ0) is 11.6. The minimum absolute atomic E-state index is 0.00367. The van der Waals surface area contributed by atoms with Crippen molar-refractivity contribution >= 4 is 0 Å². The fourth-order valence-electron chi connectivity index (χ4n) is 1.68. The summed E-state index contributed by atoms with van der Waals surface area (Å²) in [6.07, 6.45) is -4.27. The SMILES string of the molecule is FC(F)(F)c1ccc(C2COCCN2)cc1. The Morgan fingerprint density at radius 1 is 1.19 bits per heavy atom. The van der Waals surface area contributed by atoms with E-state index in [1.807, 2.05) is 0 Å². The Bertz CT molecular complexity index is 341. The maximum Gasteiger partial charge on any atom is 0.416 e. The zero-order valence-electron chi connectivity index (χ0n) is 8.55. The molecule has 0 aliphatic carbocycles. The van der Waals surface area contributed by atoms with Crippen LogP contribution in [0.2, 0.25) is 0 Å². The minimum atomic E-state index is -4.27. The molecule has 1 aromatic rings. The number of hydrogen-bond acceptors (Lipinski definition) is 2. The first-order valence-corrected chi connectivity index (χ1v) is 5.05. The first-order valence-electron chi connectivity index (χ1n) is 5.05. The molecule has 0 spiro atoms. The molecule has 1 aromatic carbocycles. The maximum atomic E-state index is 12.3. The molecule has 1 unspecified atom stereocenters. The van der Waals surface area contributed by atoms with Gasteiger partial charge in [0.15, 0.2) is 0 Å². The van der Waals surface area contributed by atoms with E-state index in [0.29, 0.717) is 13.2 Å². The smallest absolute Gasteiger partial charge is 0.378 e. The van der Waals surface area contributed by atoms with Gasteiger partial charge >= 0.3 is 6.18 Å². The van der Waals surface area contributed by atoms with E-state index in [2.05, 4.69) is 5.32 Å². The van der Waals surface area contributed by atoms with Gasteiger partial charge in [0, 0.05) is 6.54 Å². The molecular weight excluding hydrogens is 219 g/mol. The predicted octanol–water partition coefficient (Wildman–Crippen LogP) is 2.37. The van der Waals surface area contributed by atoms with Gasteiger partial charge in [0.25, 0.3) is 0 Å². The second-order valence-electron chi connectivity index (χ2n) is 3.70. The van der Waals surface area contributed by atoms with Gasteiger partial charge in [-0.05, 0) is 17.7 Å². The topological polar surface area (TPSA) is 21.3 Å². The molecule has 1 aliphatic heterocycles. The quantitative estimate of drug-likeness (QED) is 0.801. The number of benzene rings is 1.